The molecule has 1 saturated heterocycles. The van der Waals surface area contributed by atoms with Crippen molar-refractivity contribution < 1.29 is 23.9 Å². The van der Waals surface area contributed by atoms with Gasteiger partial charge in [-0.2, -0.15) is 15.3 Å². The SMILES string of the molecule is NC(=O)c1nn(CC(=O)N2CC(F)CC2C(=O)NC2C=Cc3ccccc3C2O)c2ccc(-c3ccnnc3)cc12. The minimum absolute atomic E-state index is 0.0193. The molecule has 4 N–H and O–H groups in total. The van der Waals surface area contributed by atoms with Gasteiger partial charge in [-0.05, 0) is 34.9 Å². The Morgan fingerprint density at radius 1 is 1.10 bits per heavy atom. The molecule has 0 spiro atoms. The van der Waals surface area contributed by atoms with E-state index >= 15 is 0 Å². The lowest BCUT2D eigenvalue weighted by Crippen LogP contribution is -2.50. The second-order valence-corrected chi connectivity index (χ2v) is 10.1. The van der Waals surface area contributed by atoms with Crippen LogP contribution in [0.3, 0.4) is 0 Å². The number of nitrogens with one attached hydrogen (secondary N) is 1. The zero-order chi connectivity index (χ0) is 28.7. The molecule has 2 aliphatic rings. The minimum Gasteiger partial charge on any atom is -0.386 e. The summed E-state index contributed by atoms with van der Waals surface area (Å²) in [6.45, 7) is -0.598. The van der Waals surface area contributed by atoms with Gasteiger partial charge in [-0.25, -0.2) is 4.39 Å². The fourth-order valence-corrected chi connectivity index (χ4v) is 5.48. The molecule has 1 aliphatic carbocycles. The highest BCUT2D eigenvalue weighted by Gasteiger charge is 2.41. The maximum absolute atomic E-state index is 14.6. The molecule has 208 valence electrons. The summed E-state index contributed by atoms with van der Waals surface area (Å²) in [6.07, 6.45) is 4.05. The molecule has 2 aromatic carbocycles. The van der Waals surface area contributed by atoms with Crippen molar-refractivity contribution in [1.82, 2.24) is 30.2 Å². The van der Waals surface area contributed by atoms with E-state index in [2.05, 4.69) is 20.6 Å². The lowest BCUT2D eigenvalue weighted by molar-refractivity contribution is -0.139. The van der Waals surface area contributed by atoms with Crippen molar-refractivity contribution in [2.24, 2.45) is 5.73 Å². The van der Waals surface area contributed by atoms with Crippen molar-refractivity contribution >= 4 is 34.7 Å². The van der Waals surface area contributed by atoms with Crippen LogP contribution in [0.5, 0.6) is 0 Å². The second-order valence-electron chi connectivity index (χ2n) is 10.1. The Morgan fingerprint density at radius 3 is 2.71 bits per heavy atom. The number of benzene rings is 2. The third-order valence-corrected chi connectivity index (χ3v) is 7.51. The van der Waals surface area contributed by atoms with Gasteiger partial charge in [0.05, 0.1) is 30.5 Å². The number of alkyl halides is 1. The third-order valence-electron chi connectivity index (χ3n) is 7.51. The Morgan fingerprint density at radius 2 is 1.93 bits per heavy atom. The van der Waals surface area contributed by atoms with E-state index in [4.69, 9.17) is 5.73 Å². The maximum Gasteiger partial charge on any atom is 0.269 e. The number of fused-ring (bicyclic) bond motifs is 2. The average molecular weight is 556 g/mol. The van der Waals surface area contributed by atoms with Crippen LogP contribution in [0.1, 0.15) is 34.1 Å². The molecular weight excluding hydrogens is 529 g/mol. The molecule has 1 fully saturated rings. The zero-order valence-electron chi connectivity index (χ0n) is 21.7. The highest BCUT2D eigenvalue weighted by Crippen LogP contribution is 2.30. The first-order chi connectivity index (χ1) is 19.8. The number of primary amides is 1. The predicted molar refractivity (Wildman–Crippen MR) is 147 cm³/mol. The van der Waals surface area contributed by atoms with Crippen LogP contribution in [0.25, 0.3) is 28.1 Å². The fourth-order valence-electron chi connectivity index (χ4n) is 5.48. The van der Waals surface area contributed by atoms with Crippen molar-refractivity contribution in [3.63, 3.8) is 0 Å². The van der Waals surface area contributed by atoms with Crippen molar-refractivity contribution in [3.05, 3.63) is 83.8 Å². The van der Waals surface area contributed by atoms with Crippen LogP contribution in [-0.4, -0.2) is 72.5 Å². The highest BCUT2D eigenvalue weighted by atomic mass is 19.1. The molecule has 0 bridgehead atoms. The molecule has 6 rings (SSSR count). The zero-order valence-corrected chi connectivity index (χ0v) is 21.7. The summed E-state index contributed by atoms with van der Waals surface area (Å²) in [5.74, 6) is -1.88. The first-order valence-electron chi connectivity index (χ1n) is 13.1. The van der Waals surface area contributed by atoms with Crippen LogP contribution < -0.4 is 11.1 Å². The van der Waals surface area contributed by atoms with E-state index < -0.39 is 42.1 Å². The van der Waals surface area contributed by atoms with Gasteiger partial charge in [0, 0.05) is 17.4 Å². The number of nitrogens with two attached hydrogens (primary N) is 1. The van der Waals surface area contributed by atoms with Gasteiger partial charge < -0.3 is 21.1 Å². The quantitative estimate of drug-likeness (QED) is 0.327. The van der Waals surface area contributed by atoms with Crippen LogP contribution in [0, 0.1) is 0 Å². The van der Waals surface area contributed by atoms with E-state index in [0.717, 1.165) is 16.7 Å². The van der Waals surface area contributed by atoms with Crippen LogP contribution in [-0.2, 0) is 16.1 Å². The van der Waals surface area contributed by atoms with Crippen molar-refractivity contribution in [3.8, 4) is 11.1 Å². The average Bonchev–Trinajstić information content (AvgIpc) is 3.55. The van der Waals surface area contributed by atoms with Crippen molar-refractivity contribution in [2.75, 3.05) is 6.54 Å². The standard InChI is InChI=1S/C29H26FN7O4/c30-19-12-24(29(41)34-22-7-5-16-3-1-2-4-20(16)27(22)39)36(14-19)25(38)15-37-23-8-6-17(18-9-10-32-33-13-18)11-21(23)26(35-37)28(31)40/h1-11,13,19,22,24,27,39H,12,14-15H2,(H2,31,40)(H,34,41). The molecule has 4 atom stereocenters. The first-order valence-corrected chi connectivity index (χ1v) is 13.1. The third kappa shape index (κ3) is 4.93. The van der Waals surface area contributed by atoms with Crippen molar-refractivity contribution in [2.45, 2.75) is 37.3 Å². The van der Waals surface area contributed by atoms with Crippen LogP contribution in [0.2, 0.25) is 0 Å². The molecule has 11 nitrogen and oxygen atoms in total. The van der Waals surface area contributed by atoms with E-state index in [-0.39, 0.29) is 25.2 Å². The number of rotatable bonds is 6. The highest BCUT2D eigenvalue weighted by molar-refractivity contribution is 6.05. The monoisotopic (exact) mass is 555 g/mol. The van der Waals surface area contributed by atoms with Gasteiger partial charge in [0.1, 0.15) is 24.9 Å². The topological polar surface area (TPSA) is 156 Å². The minimum atomic E-state index is -1.39. The lowest BCUT2D eigenvalue weighted by atomic mass is 9.91. The molecule has 4 unspecified atom stereocenters. The molecule has 0 saturated carbocycles. The molecule has 1 aliphatic heterocycles. The number of halogens is 1. The predicted octanol–water partition coefficient (Wildman–Crippen LogP) is 1.78. The summed E-state index contributed by atoms with van der Waals surface area (Å²) >= 11 is 0. The summed E-state index contributed by atoms with van der Waals surface area (Å²) in [6, 6.07) is 12.5. The number of amides is 3. The maximum atomic E-state index is 14.6. The summed E-state index contributed by atoms with van der Waals surface area (Å²) < 4.78 is 15.9. The Balaban J connectivity index is 1.22. The van der Waals surface area contributed by atoms with Gasteiger partial charge in [0.2, 0.25) is 11.8 Å². The van der Waals surface area contributed by atoms with Crippen LogP contribution in [0.15, 0.2) is 67.0 Å². The number of nitrogens with zero attached hydrogens (tertiary/aromatic N) is 5. The number of aromatic nitrogens is 4. The van der Waals surface area contributed by atoms with Gasteiger partial charge in [-0.15, -0.1) is 0 Å². The van der Waals surface area contributed by atoms with E-state index in [1.54, 1.807) is 60.9 Å². The van der Waals surface area contributed by atoms with Gasteiger partial charge in [0.25, 0.3) is 5.91 Å². The number of aliphatic hydroxyl groups is 1. The van der Waals surface area contributed by atoms with Crippen LogP contribution >= 0.6 is 0 Å². The van der Waals surface area contributed by atoms with Gasteiger partial charge in [-0.3, -0.25) is 19.1 Å². The molecule has 4 aromatic rings. The van der Waals surface area contributed by atoms with E-state index in [9.17, 15) is 23.9 Å². The van der Waals surface area contributed by atoms with E-state index in [0.29, 0.717) is 16.5 Å². The lowest BCUT2D eigenvalue weighted by Gasteiger charge is -2.29. The van der Waals surface area contributed by atoms with Gasteiger partial charge in [-0.1, -0.05) is 42.5 Å². The number of likely N-dealkylation sites (tertiary alicyclic amines) is 1. The Labute approximate surface area is 233 Å². The molecular formula is C29H26FN7O4. The second kappa shape index (κ2) is 10.5. The largest absolute Gasteiger partial charge is 0.386 e. The van der Waals surface area contributed by atoms with Gasteiger partial charge in [0.15, 0.2) is 5.69 Å². The molecule has 2 aromatic heterocycles. The van der Waals surface area contributed by atoms with Crippen molar-refractivity contribution in [1.29, 1.82) is 0 Å². The smallest absolute Gasteiger partial charge is 0.269 e. The normalized spacial score (nSPS) is 21.6. The number of carbonyl (C=O) groups excluding carboxylic acids is 3. The molecule has 3 heterocycles. The molecule has 0 radical (unpaired) electrons. The summed E-state index contributed by atoms with van der Waals surface area (Å²) in [5, 5.41) is 25.9. The first kappa shape index (κ1) is 26.3. The fraction of sp³-hybridized carbons (Fsp3) is 0.241. The number of carbonyl (C=O) groups is 3. The number of hydrogen-bond acceptors (Lipinski definition) is 7. The Kier molecular flexibility index (Phi) is 6.75. The summed E-state index contributed by atoms with van der Waals surface area (Å²) in [4.78, 5) is 40.1. The van der Waals surface area contributed by atoms with E-state index in [1.807, 2.05) is 12.1 Å². The molecule has 41 heavy (non-hydrogen) atoms. The Bertz CT molecular complexity index is 1690. The summed E-state index contributed by atoms with van der Waals surface area (Å²) in [5.41, 5.74) is 9.07. The molecule has 12 heteroatoms. The van der Waals surface area contributed by atoms with Crippen LogP contribution in [0.4, 0.5) is 4.39 Å². The van der Waals surface area contributed by atoms with E-state index in [1.165, 1.54) is 9.58 Å². The van der Waals surface area contributed by atoms with Gasteiger partial charge >= 0.3 is 0 Å². The number of aliphatic hydroxyl groups excluding tert-OH is 1. The summed E-state index contributed by atoms with van der Waals surface area (Å²) in [7, 11) is 0. The number of hydrogen-bond donors (Lipinski definition) is 3. The molecule has 3 amide bonds. The Hall–Kier alpha value is -4.97.